The van der Waals surface area contributed by atoms with Crippen LogP contribution in [0.4, 0.5) is 5.13 Å². The number of anilines is 1. The molecule has 1 N–H and O–H groups in total. The molecule has 2 heterocycles. The quantitative estimate of drug-likeness (QED) is 0.266. The molecule has 10 heteroatoms. The monoisotopic (exact) mass is 513 g/mol. The Morgan fingerprint density at radius 3 is 2.62 bits per heavy atom. The predicted octanol–water partition coefficient (Wildman–Crippen LogP) is 6.25. The minimum Gasteiger partial charge on any atom is -0.483 e. The van der Waals surface area contributed by atoms with Gasteiger partial charge in [0.15, 0.2) is 22.2 Å². The third-order valence-electron chi connectivity index (χ3n) is 4.98. The van der Waals surface area contributed by atoms with Gasteiger partial charge in [-0.05, 0) is 45.0 Å². The molecule has 0 radical (unpaired) electrons. The normalized spacial score (nSPS) is 11.9. The van der Waals surface area contributed by atoms with E-state index in [2.05, 4.69) is 20.5 Å². The van der Waals surface area contributed by atoms with Gasteiger partial charge in [-0.1, -0.05) is 53.2 Å². The zero-order valence-electron chi connectivity index (χ0n) is 19.0. The molecule has 34 heavy (non-hydrogen) atoms. The van der Waals surface area contributed by atoms with Crippen LogP contribution in [0.25, 0.3) is 11.3 Å². The van der Waals surface area contributed by atoms with Crippen molar-refractivity contribution in [2.45, 2.75) is 38.6 Å². The first kappa shape index (κ1) is 24.3. The molecular formula is C24H24ClN5O2S2. The van der Waals surface area contributed by atoms with Crippen LogP contribution in [-0.4, -0.2) is 31.4 Å². The van der Waals surface area contributed by atoms with E-state index in [9.17, 15) is 4.79 Å². The van der Waals surface area contributed by atoms with E-state index in [0.29, 0.717) is 21.9 Å². The van der Waals surface area contributed by atoms with Crippen molar-refractivity contribution in [3.05, 3.63) is 70.3 Å². The molecule has 0 aliphatic rings. The fourth-order valence-corrected chi connectivity index (χ4v) is 4.92. The van der Waals surface area contributed by atoms with Gasteiger partial charge in [-0.25, -0.2) is 4.98 Å². The van der Waals surface area contributed by atoms with Crippen LogP contribution in [0.2, 0.25) is 5.02 Å². The van der Waals surface area contributed by atoms with E-state index >= 15 is 0 Å². The lowest BCUT2D eigenvalue weighted by Crippen LogP contribution is -2.15. The van der Waals surface area contributed by atoms with Gasteiger partial charge in [0.25, 0.3) is 0 Å². The van der Waals surface area contributed by atoms with Crippen LogP contribution < -0.4 is 10.1 Å². The molecule has 0 bridgehead atoms. The number of nitrogens with zero attached hydrogens (tertiary/aromatic N) is 4. The molecule has 176 valence electrons. The maximum atomic E-state index is 12.5. The molecule has 1 atom stereocenters. The van der Waals surface area contributed by atoms with E-state index in [0.717, 1.165) is 22.8 Å². The summed E-state index contributed by atoms with van der Waals surface area (Å²) in [5.41, 5.74) is 2.91. The summed E-state index contributed by atoms with van der Waals surface area (Å²) in [4.78, 5) is 17.0. The largest absolute Gasteiger partial charge is 0.483 e. The Bertz CT molecular complexity index is 1260. The average Bonchev–Trinajstić information content (AvgIpc) is 3.46. The molecule has 0 spiro atoms. The lowest BCUT2D eigenvalue weighted by molar-refractivity contribution is -0.113. The number of hydrogen-bond acceptors (Lipinski definition) is 7. The second kappa shape index (κ2) is 11.0. The number of nitrogens with one attached hydrogen (secondary N) is 1. The van der Waals surface area contributed by atoms with Crippen LogP contribution in [0.1, 0.15) is 31.3 Å². The molecule has 1 amide bonds. The van der Waals surface area contributed by atoms with E-state index in [4.69, 9.17) is 16.3 Å². The van der Waals surface area contributed by atoms with Gasteiger partial charge >= 0.3 is 0 Å². The number of amides is 1. The SMILES string of the molecule is CCn1c(SCC(=O)Nc2nc(-c3ccc(Cl)cc3)cs2)nnc1C(C)Oc1ccc(C)cc1. The van der Waals surface area contributed by atoms with Gasteiger partial charge in [-0.15, -0.1) is 21.5 Å². The van der Waals surface area contributed by atoms with Crippen molar-refractivity contribution >= 4 is 45.7 Å². The number of ether oxygens (including phenoxy) is 1. The highest BCUT2D eigenvalue weighted by molar-refractivity contribution is 7.99. The van der Waals surface area contributed by atoms with Crippen molar-refractivity contribution in [3.8, 4) is 17.0 Å². The number of aryl methyl sites for hydroxylation is 1. The zero-order valence-corrected chi connectivity index (χ0v) is 21.4. The molecule has 4 aromatic rings. The molecule has 0 fully saturated rings. The zero-order chi connectivity index (χ0) is 24.1. The molecule has 1 unspecified atom stereocenters. The Morgan fingerprint density at radius 2 is 1.91 bits per heavy atom. The topological polar surface area (TPSA) is 81.9 Å². The summed E-state index contributed by atoms with van der Waals surface area (Å²) in [5, 5.41) is 15.3. The second-order valence-electron chi connectivity index (χ2n) is 7.54. The number of carbonyl (C=O) groups is 1. The summed E-state index contributed by atoms with van der Waals surface area (Å²) in [5.74, 6) is 1.54. The van der Waals surface area contributed by atoms with Gasteiger partial charge in [-0.3, -0.25) is 4.79 Å². The Morgan fingerprint density at radius 1 is 1.18 bits per heavy atom. The van der Waals surface area contributed by atoms with Gasteiger partial charge in [0.2, 0.25) is 5.91 Å². The number of halogens is 1. The number of rotatable bonds is 9. The van der Waals surface area contributed by atoms with Crippen molar-refractivity contribution in [2.24, 2.45) is 0 Å². The minimum atomic E-state index is -0.278. The van der Waals surface area contributed by atoms with Gasteiger partial charge in [0, 0.05) is 22.5 Å². The summed E-state index contributed by atoms with van der Waals surface area (Å²) in [6.07, 6.45) is -0.278. The number of hydrogen-bond donors (Lipinski definition) is 1. The van der Waals surface area contributed by atoms with Gasteiger partial charge in [-0.2, -0.15) is 0 Å². The fourth-order valence-electron chi connectivity index (χ4n) is 3.25. The van der Waals surface area contributed by atoms with Crippen molar-refractivity contribution in [1.29, 1.82) is 0 Å². The first-order valence-electron chi connectivity index (χ1n) is 10.7. The van der Waals surface area contributed by atoms with Crippen LogP contribution >= 0.6 is 34.7 Å². The lowest BCUT2D eigenvalue weighted by Gasteiger charge is -2.15. The summed E-state index contributed by atoms with van der Waals surface area (Å²) >= 11 is 8.66. The number of thioether (sulfide) groups is 1. The Balaban J connectivity index is 1.35. The Hall–Kier alpha value is -2.88. The highest BCUT2D eigenvalue weighted by atomic mass is 35.5. The molecule has 7 nitrogen and oxygen atoms in total. The smallest absolute Gasteiger partial charge is 0.236 e. The maximum Gasteiger partial charge on any atom is 0.236 e. The van der Waals surface area contributed by atoms with E-state index in [1.807, 2.05) is 79.2 Å². The molecule has 0 aliphatic heterocycles. The molecule has 2 aromatic carbocycles. The molecule has 0 aliphatic carbocycles. The van der Waals surface area contributed by atoms with E-state index in [-0.39, 0.29) is 17.8 Å². The Kier molecular flexibility index (Phi) is 7.87. The van der Waals surface area contributed by atoms with E-state index in [1.165, 1.54) is 28.7 Å². The summed E-state index contributed by atoms with van der Waals surface area (Å²) < 4.78 is 8.01. The van der Waals surface area contributed by atoms with Crippen molar-refractivity contribution in [1.82, 2.24) is 19.7 Å². The fraction of sp³-hybridized carbons (Fsp3) is 0.250. The number of thiazole rings is 1. The van der Waals surface area contributed by atoms with Crippen LogP contribution in [0, 0.1) is 6.92 Å². The third kappa shape index (κ3) is 5.97. The first-order chi connectivity index (χ1) is 16.4. The second-order valence-corrected chi connectivity index (χ2v) is 9.78. The molecular weight excluding hydrogens is 490 g/mol. The molecule has 0 saturated heterocycles. The highest BCUT2D eigenvalue weighted by Gasteiger charge is 2.20. The number of carbonyl (C=O) groups excluding carboxylic acids is 1. The van der Waals surface area contributed by atoms with Crippen molar-refractivity contribution in [3.63, 3.8) is 0 Å². The van der Waals surface area contributed by atoms with E-state index < -0.39 is 0 Å². The summed E-state index contributed by atoms with van der Waals surface area (Å²) in [6, 6.07) is 15.3. The average molecular weight is 514 g/mol. The lowest BCUT2D eigenvalue weighted by atomic mass is 10.2. The number of benzene rings is 2. The molecule has 2 aromatic heterocycles. The number of aromatic nitrogens is 4. The van der Waals surface area contributed by atoms with Crippen LogP contribution in [0.15, 0.2) is 59.1 Å². The highest BCUT2D eigenvalue weighted by Crippen LogP contribution is 2.27. The molecule has 0 saturated carbocycles. The van der Waals surface area contributed by atoms with Crippen molar-refractivity contribution < 1.29 is 9.53 Å². The maximum absolute atomic E-state index is 12.5. The molecule has 4 rings (SSSR count). The van der Waals surface area contributed by atoms with Crippen LogP contribution in [0.3, 0.4) is 0 Å². The summed E-state index contributed by atoms with van der Waals surface area (Å²) in [6.45, 7) is 6.67. The van der Waals surface area contributed by atoms with E-state index in [1.54, 1.807) is 0 Å². The van der Waals surface area contributed by atoms with Gasteiger partial charge < -0.3 is 14.6 Å². The van der Waals surface area contributed by atoms with Crippen LogP contribution in [0.5, 0.6) is 5.75 Å². The standard InChI is InChI=1S/C24H24ClN5O2S2/c1-4-30-22(16(3)32-19-11-5-15(2)6-12-19)28-29-24(30)34-14-21(31)27-23-26-20(13-33-23)17-7-9-18(25)10-8-17/h5-13,16H,4,14H2,1-3H3,(H,26,27,31). The Labute approximate surface area is 211 Å². The predicted molar refractivity (Wildman–Crippen MR) is 138 cm³/mol. The van der Waals surface area contributed by atoms with Crippen molar-refractivity contribution in [2.75, 3.05) is 11.1 Å². The van der Waals surface area contributed by atoms with Gasteiger partial charge in [0.05, 0.1) is 11.4 Å². The van der Waals surface area contributed by atoms with Gasteiger partial charge in [0.1, 0.15) is 5.75 Å². The third-order valence-corrected chi connectivity index (χ3v) is 6.96. The van der Waals surface area contributed by atoms with Crippen LogP contribution in [-0.2, 0) is 11.3 Å². The minimum absolute atomic E-state index is 0.154. The first-order valence-corrected chi connectivity index (χ1v) is 13.0. The summed E-state index contributed by atoms with van der Waals surface area (Å²) in [7, 11) is 0.